The normalized spacial score (nSPS) is 14.4. The SMILES string of the molecule is C=CC(=O)C1CN(c2cncc3c(-c4c(C)ccc5[nH]ncc45)ccnc23)C1. The Balaban J connectivity index is 1.65. The first-order chi connectivity index (χ1) is 13.7. The van der Waals surface area contributed by atoms with Gasteiger partial charge in [-0.2, -0.15) is 5.10 Å². The van der Waals surface area contributed by atoms with Gasteiger partial charge >= 0.3 is 0 Å². The molecule has 0 radical (unpaired) electrons. The summed E-state index contributed by atoms with van der Waals surface area (Å²) >= 11 is 0. The van der Waals surface area contributed by atoms with Gasteiger partial charge in [-0.05, 0) is 41.8 Å². The maximum atomic E-state index is 11.8. The van der Waals surface area contributed by atoms with Crippen LogP contribution in [0.25, 0.3) is 32.9 Å². The van der Waals surface area contributed by atoms with E-state index in [0.29, 0.717) is 13.1 Å². The number of allylic oxidation sites excluding steroid dienone is 1. The molecule has 6 heteroatoms. The van der Waals surface area contributed by atoms with Gasteiger partial charge in [0.15, 0.2) is 5.78 Å². The highest BCUT2D eigenvalue weighted by molar-refractivity contribution is 6.07. The zero-order valence-electron chi connectivity index (χ0n) is 15.5. The van der Waals surface area contributed by atoms with E-state index in [2.05, 4.69) is 44.6 Å². The highest BCUT2D eigenvalue weighted by atomic mass is 16.1. The first-order valence-electron chi connectivity index (χ1n) is 9.24. The summed E-state index contributed by atoms with van der Waals surface area (Å²) in [6.07, 6.45) is 8.81. The van der Waals surface area contributed by atoms with Crippen molar-refractivity contribution in [2.45, 2.75) is 6.92 Å². The summed E-state index contributed by atoms with van der Waals surface area (Å²) in [4.78, 5) is 23.1. The number of H-pyrrole nitrogens is 1. The average Bonchev–Trinajstić information content (AvgIpc) is 3.15. The maximum absolute atomic E-state index is 11.8. The third kappa shape index (κ3) is 2.41. The van der Waals surface area contributed by atoms with Gasteiger partial charge in [0, 0.05) is 36.3 Å². The van der Waals surface area contributed by atoms with Crippen LogP contribution in [-0.2, 0) is 4.79 Å². The van der Waals surface area contributed by atoms with E-state index in [9.17, 15) is 4.79 Å². The summed E-state index contributed by atoms with van der Waals surface area (Å²) in [6, 6.07) is 6.17. The molecule has 0 saturated carbocycles. The molecule has 0 aliphatic carbocycles. The Morgan fingerprint density at radius 1 is 1.21 bits per heavy atom. The lowest BCUT2D eigenvalue weighted by molar-refractivity contribution is -0.118. The Labute approximate surface area is 161 Å². The molecule has 0 atom stereocenters. The van der Waals surface area contributed by atoms with Crippen molar-refractivity contribution in [3.63, 3.8) is 0 Å². The van der Waals surface area contributed by atoms with Crippen LogP contribution >= 0.6 is 0 Å². The second kappa shape index (κ2) is 6.27. The number of aromatic nitrogens is 4. The smallest absolute Gasteiger partial charge is 0.161 e. The third-order valence-corrected chi connectivity index (χ3v) is 5.56. The van der Waals surface area contributed by atoms with E-state index >= 15 is 0 Å². The summed E-state index contributed by atoms with van der Waals surface area (Å²) < 4.78 is 0. The number of carbonyl (C=O) groups is 1. The Kier molecular flexibility index (Phi) is 3.72. The monoisotopic (exact) mass is 369 g/mol. The van der Waals surface area contributed by atoms with Crippen molar-refractivity contribution >= 4 is 33.3 Å². The molecule has 6 nitrogen and oxygen atoms in total. The third-order valence-electron chi connectivity index (χ3n) is 5.56. The van der Waals surface area contributed by atoms with Gasteiger partial charge in [0.2, 0.25) is 0 Å². The minimum absolute atomic E-state index is 0.0119. The molecular weight excluding hydrogens is 350 g/mol. The van der Waals surface area contributed by atoms with Gasteiger partial charge in [0.25, 0.3) is 0 Å². The second-order valence-corrected chi connectivity index (χ2v) is 7.21. The average molecular weight is 369 g/mol. The van der Waals surface area contributed by atoms with Crippen LogP contribution in [0.2, 0.25) is 0 Å². The summed E-state index contributed by atoms with van der Waals surface area (Å²) in [5.74, 6) is 0.109. The van der Waals surface area contributed by atoms with E-state index in [1.54, 1.807) is 0 Å². The van der Waals surface area contributed by atoms with Crippen LogP contribution in [0, 0.1) is 12.8 Å². The van der Waals surface area contributed by atoms with Crippen molar-refractivity contribution in [3.05, 3.63) is 61.2 Å². The molecule has 4 heterocycles. The van der Waals surface area contributed by atoms with Crippen LogP contribution < -0.4 is 4.90 Å². The molecule has 28 heavy (non-hydrogen) atoms. The predicted molar refractivity (Wildman–Crippen MR) is 110 cm³/mol. The Bertz CT molecular complexity index is 1240. The first-order valence-corrected chi connectivity index (χ1v) is 9.24. The number of hydrogen-bond donors (Lipinski definition) is 1. The fourth-order valence-corrected chi connectivity index (χ4v) is 4.01. The van der Waals surface area contributed by atoms with Crippen LogP contribution in [-0.4, -0.2) is 39.0 Å². The Hall–Kier alpha value is -3.54. The number of nitrogens with one attached hydrogen (secondary N) is 1. The number of pyridine rings is 2. The maximum Gasteiger partial charge on any atom is 0.161 e. The lowest BCUT2D eigenvalue weighted by Crippen LogP contribution is -2.50. The van der Waals surface area contributed by atoms with Crippen molar-refractivity contribution in [3.8, 4) is 11.1 Å². The summed E-state index contributed by atoms with van der Waals surface area (Å²) in [5, 5.41) is 9.33. The number of ketones is 1. The molecule has 1 N–H and O–H groups in total. The number of carbonyl (C=O) groups excluding carboxylic acids is 1. The molecular formula is C22H19N5O. The quantitative estimate of drug-likeness (QED) is 0.556. The van der Waals surface area contributed by atoms with Gasteiger partial charge in [-0.3, -0.25) is 19.9 Å². The van der Waals surface area contributed by atoms with Gasteiger partial charge in [-0.15, -0.1) is 0 Å². The molecule has 4 aromatic rings. The fourth-order valence-electron chi connectivity index (χ4n) is 4.01. The molecule has 1 aromatic carbocycles. The molecule has 0 amide bonds. The van der Waals surface area contributed by atoms with E-state index in [1.165, 1.54) is 11.6 Å². The number of rotatable bonds is 4. The van der Waals surface area contributed by atoms with Gasteiger partial charge < -0.3 is 4.90 Å². The van der Waals surface area contributed by atoms with Crippen molar-refractivity contribution in [2.24, 2.45) is 5.92 Å². The highest BCUT2D eigenvalue weighted by Crippen LogP contribution is 2.38. The van der Waals surface area contributed by atoms with Crippen LogP contribution in [0.15, 0.2) is 55.6 Å². The van der Waals surface area contributed by atoms with Crippen molar-refractivity contribution in [1.29, 1.82) is 0 Å². The minimum Gasteiger partial charge on any atom is -0.367 e. The van der Waals surface area contributed by atoms with Gasteiger partial charge in [0.1, 0.15) is 0 Å². The molecule has 5 rings (SSSR count). The second-order valence-electron chi connectivity index (χ2n) is 7.21. The van der Waals surface area contributed by atoms with E-state index in [-0.39, 0.29) is 11.7 Å². The van der Waals surface area contributed by atoms with Crippen LogP contribution in [0.1, 0.15) is 5.56 Å². The van der Waals surface area contributed by atoms with Crippen molar-refractivity contribution in [2.75, 3.05) is 18.0 Å². The van der Waals surface area contributed by atoms with Gasteiger partial charge in [0.05, 0.1) is 35.0 Å². The van der Waals surface area contributed by atoms with Gasteiger partial charge in [-0.25, -0.2) is 0 Å². The highest BCUT2D eigenvalue weighted by Gasteiger charge is 2.32. The van der Waals surface area contributed by atoms with E-state index in [1.807, 2.05) is 36.9 Å². The number of fused-ring (bicyclic) bond motifs is 2. The first kappa shape index (κ1) is 16.6. The Morgan fingerprint density at radius 2 is 2.07 bits per heavy atom. The van der Waals surface area contributed by atoms with Crippen molar-refractivity contribution in [1.82, 2.24) is 20.2 Å². The fraction of sp³-hybridized carbons (Fsp3) is 0.182. The predicted octanol–water partition coefficient (Wildman–Crippen LogP) is 3.67. The molecule has 1 saturated heterocycles. The molecule has 1 fully saturated rings. The largest absolute Gasteiger partial charge is 0.367 e. The van der Waals surface area contributed by atoms with Crippen LogP contribution in [0.5, 0.6) is 0 Å². The summed E-state index contributed by atoms with van der Waals surface area (Å²) in [5.41, 5.74) is 6.26. The Morgan fingerprint density at radius 3 is 2.89 bits per heavy atom. The van der Waals surface area contributed by atoms with Crippen molar-refractivity contribution < 1.29 is 4.79 Å². The minimum atomic E-state index is 0.0119. The number of benzene rings is 1. The molecule has 1 aliphatic rings. The zero-order chi connectivity index (χ0) is 19.3. The standard InChI is InChI=1S/C22H19N5O/c1-3-20(28)14-11-27(12-14)19-10-23-8-16-15(6-7-24-22(16)19)21-13(2)4-5-18-17(21)9-25-26-18/h3-10,14H,1,11-12H2,2H3,(H,25,26). The zero-order valence-corrected chi connectivity index (χ0v) is 15.5. The number of aromatic amines is 1. The summed E-state index contributed by atoms with van der Waals surface area (Å²) in [7, 11) is 0. The van der Waals surface area contributed by atoms with E-state index in [4.69, 9.17) is 0 Å². The molecule has 3 aromatic heterocycles. The number of anilines is 1. The molecule has 0 spiro atoms. The molecule has 138 valence electrons. The van der Waals surface area contributed by atoms with Crippen LogP contribution in [0.3, 0.4) is 0 Å². The van der Waals surface area contributed by atoms with Crippen LogP contribution in [0.4, 0.5) is 5.69 Å². The summed E-state index contributed by atoms with van der Waals surface area (Å²) in [6.45, 7) is 7.04. The number of nitrogens with zero attached hydrogens (tertiary/aromatic N) is 4. The number of hydrogen-bond acceptors (Lipinski definition) is 5. The lowest BCUT2D eigenvalue weighted by Gasteiger charge is -2.39. The lowest BCUT2D eigenvalue weighted by atomic mass is 9.93. The van der Waals surface area contributed by atoms with E-state index in [0.717, 1.165) is 38.6 Å². The number of aryl methyl sites for hydroxylation is 1. The molecule has 0 bridgehead atoms. The molecule has 1 aliphatic heterocycles. The van der Waals surface area contributed by atoms with E-state index < -0.39 is 0 Å². The molecule has 0 unspecified atom stereocenters. The topological polar surface area (TPSA) is 74.8 Å². The van der Waals surface area contributed by atoms with Gasteiger partial charge in [-0.1, -0.05) is 12.6 Å².